The van der Waals surface area contributed by atoms with Crippen LogP contribution < -0.4 is 0 Å². The summed E-state index contributed by atoms with van der Waals surface area (Å²) in [6, 6.07) is 0.0533. The van der Waals surface area contributed by atoms with E-state index >= 15 is 0 Å². The summed E-state index contributed by atoms with van der Waals surface area (Å²) in [5.41, 5.74) is 0. The number of aliphatic carboxylic acids is 1. The van der Waals surface area contributed by atoms with Crippen molar-refractivity contribution in [3.8, 4) is 0 Å². The zero-order chi connectivity index (χ0) is 15.3. The molecule has 0 spiro atoms. The first kappa shape index (κ1) is 16.8. The van der Waals surface area contributed by atoms with E-state index in [1.165, 1.54) is 0 Å². The standard InChI is InChI=1S/C15H28N2O3/c1-11(2)9-16(12(3)4)15(20)17(10-14(18)19)13-7-5-6-8-13/h11-13H,5-10H2,1-4H3,(H,18,19). The van der Waals surface area contributed by atoms with E-state index in [0.29, 0.717) is 12.5 Å². The lowest BCUT2D eigenvalue weighted by Gasteiger charge is -2.36. The first-order chi connectivity index (χ1) is 9.32. The summed E-state index contributed by atoms with van der Waals surface area (Å²) < 4.78 is 0. The molecule has 20 heavy (non-hydrogen) atoms. The van der Waals surface area contributed by atoms with Crippen molar-refractivity contribution in [1.29, 1.82) is 0 Å². The molecule has 0 aromatic rings. The lowest BCUT2D eigenvalue weighted by atomic mass is 10.1. The van der Waals surface area contributed by atoms with Gasteiger partial charge in [-0.1, -0.05) is 26.7 Å². The van der Waals surface area contributed by atoms with Crippen molar-refractivity contribution in [2.45, 2.75) is 65.5 Å². The van der Waals surface area contributed by atoms with Crippen molar-refractivity contribution in [2.24, 2.45) is 5.92 Å². The predicted octanol–water partition coefficient (Wildman–Crippen LogP) is 2.80. The Kier molecular flexibility index (Phi) is 6.30. The van der Waals surface area contributed by atoms with Crippen LogP contribution in [0, 0.1) is 5.92 Å². The highest BCUT2D eigenvalue weighted by Crippen LogP contribution is 2.25. The van der Waals surface area contributed by atoms with E-state index in [1.54, 1.807) is 9.80 Å². The highest BCUT2D eigenvalue weighted by molar-refractivity contribution is 5.80. The highest BCUT2D eigenvalue weighted by atomic mass is 16.4. The van der Waals surface area contributed by atoms with E-state index in [2.05, 4.69) is 13.8 Å². The van der Waals surface area contributed by atoms with Gasteiger partial charge in [-0.2, -0.15) is 0 Å². The van der Waals surface area contributed by atoms with Crippen LogP contribution in [-0.4, -0.2) is 52.1 Å². The van der Waals surface area contributed by atoms with Gasteiger partial charge in [-0.25, -0.2) is 4.79 Å². The second-order valence-electron chi connectivity index (χ2n) is 6.38. The first-order valence-electron chi connectivity index (χ1n) is 7.62. The lowest BCUT2D eigenvalue weighted by molar-refractivity contribution is -0.138. The molecule has 5 heteroatoms. The van der Waals surface area contributed by atoms with Gasteiger partial charge >= 0.3 is 12.0 Å². The Morgan fingerprint density at radius 1 is 1.15 bits per heavy atom. The summed E-state index contributed by atoms with van der Waals surface area (Å²) in [7, 11) is 0. The molecule has 0 aromatic carbocycles. The largest absolute Gasteiger partial charge is 0.480 e. The average molecular weight is 284 g/mol. The van der Waals surface area contributed by atoms with E-state index in [-0.39, 0.29) is 24.7 Å². The van der Waals surface area contributed by atoms with Crippen LogP contribution in [0.3, 0.4) is 0 Å². The average Bonchev–Trinajstić information content (AvgIpc) is 2.85. The van der Waals surface area contributed by atoms with Crippen LogP contribution in [0.2, 0.25) is 0 Å². The fraction of sp³-hybridized carbons (Fsp3) is 0.867. The molecule has 0 atom stereocenters. The van der Waals surface area contributed by atoms with Crippen molar-refractivity contribution in [3.05, 3.63) is 0 Å². The van der Waals surface area contributed by atoms with Gasteiger partial charge < -0.3 is 14.9 Å². The maximum atomic E-state index is 12.7. The van der Waals surface area contributed by atoms with Gasteiger partial charge in [-0.3, -0.25) is 4.79 Å². The fourth-order valence-electron chi connectivity index (χ4n) is 2.78. The quantitative estimate of drug-likeness (QED) is 0.816. The molecule has 0 radical (unpaired) electrons. The molecule has 0 bridgehead atoms. The minimum Gasteiger partial charge on any atom is -0.480 e. The van der Waals surface area contributed by atoms with Gasteiger partial charge in [-0.05, 0) is 32.6 Å². The van der Waals surface area contributed by atoms with E-state index in [1.807, 2.05) is 13.8 Å². The molecule has 1 N–H and O–H groups in total. The fourth-order valence-corrected chi connectivity index (χ4v) is 2.78. The zero-order valence-corrected chi connectivity index (χ0v) is 13.1. The molecular formula is C15H28N2O3. The Hall–Kier alpha value is -1.26. The van der Waals surface area contributed by atoms with Gasteiger partial charge in [0.2, 0.25) is 0 Å². The molecule has 0 aliphatic heterocycles. The first-order valence-corrected chi connectivity index (χ1v) is 7.62. The molecule has 1 fully saturated rings. The molecule has 1 saturated carbocycles. The molecule has 0 unspecified atom stereocenters. The van der Waals surface area contributed by atoms with Crippen molar-refractivity contribution in [2.75, 3.05) is 13.1 Å². The molecule has 116 valence electrons. The normalized spacial score (nSPS) is 15.9. The maximum absolute atomic E-state index is 12.7. The number of hydrogen-bond donors (Lipinski definition) is 1. The van der Waals surface area contributed by atoms with Gasteiger partial charge in [0.25, 0.3) is 0 Å². The Morgan fingerprint density at radius 3 is 2.10 bits per heavy atom. The Bertz CT molecular complexity index is 336. The van der Waals surface area contributed by atoms with Crippen LogP contribution in [0.15, 0.2) is 0 Å². The van der Waals surface area contributed by atoms with Crippen molar-refractivity contribution >= 4 is 12.0 Å². The van der Waals surface area contributed by atoms with Crippen LogP contribution in [-0.2, 0) is 4.79 Å². The number of amides is 2. The minimum atomic E-state index is -0.932. The summed E-state index contributed by atoms with van der Waals surface area (Å²) in [4.78, 5) is 27.2. The molecule has 1 aliphatic rings. The topological polar surface area (TPSA) is 60.9 Å². The minimum absolute atomic E-state index is 0.0857. The number of carbonyl (C=O) groups excluding carboxylic acids is 1. The van der Waals surface area contributed by atoms with Crippen molar-refractivity contribution in [1.82, 2.24) is 9.80 Å². The Labute approximate surface area is 121 Å². The van der Waals surface area contributed by atoms with Gasteiger partial charge in [0.1, 0.15) is 6.54 Å². The predicted molar refractivity (Wildman–Crippen MR) is 78.7 cm³/mol. The van der Waals surface area contributed by atoms with Gasteiger partial charge in [0.05, 0.1) is 0 Å². The zero-order valence-electron chi connectivity index (χ0n) is 13.1. The second-order valence-corrected chi connectivity index (χ2v) is 6.38. The third kappa shape index (κ3) is 4.69. The van der Waals surface area contributed by atoms with E-state index in [9.17, 15) is 9.59 Å². The number of nitrogens with zero attached hydrogens (tertiary/aromatic N) is 2. The smallest absolute Gasteiger partial charge is 0.323 e. The number of carboxylic acid groups (broad SMARTS) is 1. The summed E-state index contributed by atoms with van der Waals surface area (Å²) in [5.74, 6) is -0.560. The SMILES string of the molecule is CC(C)CN(C(=O)N(CC(=O)O)C1CCCC1)C(C)C. The summed E-state index contributed by atoms with van der Waals surface area (Å²) in [6.45, 7) is 8.57. The van der Waals surface area contributed by atoms with Crippen LogP contribution in [0.5, 0.6) is 0 Å². The second kappa shape index (κ2) is 7.50. The number of carboxylic acids is 1. The maximum Gasteiger partial charge on any atom is 0.323 e. The molecule has 0 heterocycles. The monoisotopic (exact) mass is 284 g/mol. The van der Waals surface area contributed by atoms with Gasteiger partial charge in [0.15, 0.2) is 0 Å². The molecular weight excluding hydrogens is 256 g/mol. The Balaban J connectivity index is 2.85. The summed E-state index contributed by atoms with van der Waals surface area (Å²) >= 11 is 0. The summed E-state index contributed by atoms with van der Waals surface area (Å²) in [5, 5.41) is 9.08. The van der Waals surface area contributed by atoms with Crippen LogP contribution >= 0.6 is 0 Å². The molecule has 0 saturated heterocycles. The van der Waals surface area contributed by atoms with E-state index < -0.39 is 5.97 Å². The summed E-state index contributed by atoms with van der Waals surface area (Å²) in [6.07, 6.45) is 4.01. The molecule has 0 aromatic heterocycles. The Morgan fingerprint density at radius 2 is 1.70 bits per heavy atom. The van der Waals surface area contributed by atoms with Crippen LogP contribution in [0.25, 0.3) is 0 Å². The molecule has 1 aliphatic carbocycles. The third-order valence-corrected chi connectivity index (χ3v) is 3.75. The number of carbonyl (C=O) groups is 2. The van der Waals surface area contributed by atoms with E-state index in [0.717, 1.165) is 25.7 Å². The molecule has 1 rings (SSSR count). The van der Waals surface area contributed by atoms with Crippen molar-refractivity contribution in [3.63, 3.8) is 0 Å². The molecule has 5 nitrogen and oxygen atoms in total. The highest BCUT2D eigenvalue weighted by Gasteiger charge is 2.32. The number of rotatable bonds is 6. The number of hydrogen-bond acceptors (Lipinski definition) is 2. The van der Waals surface area contributed by atoms with Crippen LogP contribution in [0.1, 0.15) is 53.4 Å². The molecule has 2 amide bonds. The van der Waals surface area contributed by atoms with Gasteiger partial charge in [0, 0.05) is 18.6 Å². The van der Waals surface area contributed by atoms with Crippen molar-refractivity contribution < 1.29 is 14.7 Å². The third-order valence-electron chi connectivity index (χ3n) is 3.75. The van der Waals surface area contributed by atoms with Crippen LogP contribution in [0.4, 0.5) is 4.79 Å². The van der Waals surface area contributed by atoms with Gasteiger partial charge in [-0.15, -0.1) is 0 Å². The number of urea groups is 1. The van der Waals surface area contributed by atoms with E-state index in [4.69, 9.17) is 5.11 Å². The lowest BCUT2D eigenvalue weighted by Crippen LogP contribution is -2.52.